The van der Waals surface area contributed by atoms with Crippen LogP contribution in [0, 0.1) is 0 Å². The van der Waals surface area contributed by atoms with Crippen LogP contribution in [-0.2, 0) is 11.2 Å². The van der Waals surface area contributed by atoms with Gasteiger partial charge in [0.1, 0.15) is 0 Å². The van der Waals surface area contributed by atoms with Crippen LogP contribution in [0.25, 0.3) is 5.13 Å². The van der Waals surface area contributed by atoms with Crippen molar-refractivity contribution in [2.24, 2.45) is 0 Å². The Labute approximate surface area is 97.1 Å². The maximum Gasteiger partial charge on any atom is 0.216 e. The zero-order valence-electron chi connectivity index (χ0n) is 8.88. The molecule has 6 heteroatoms. The summed E-state index contributed by atoms with van der Waals surface area (Å²) >= 11 is 1.54. The van der Waals surface area contributed by atoms with Crippen LogP contribution in [0.3, 0.4) is 0 Å². The van der Waals surface area contributed by atoms with Crippen LogP contribution < -0.4 is 5.32 Å². The average Bonchev–Trinajstić information content (AvgIpc) is 2.85. The van der Waals surface area contributed by atoms with Gasteiger partial charge in [-0.1, -0.05) is 0 Å². The van der Waals surface area contributed by atoms with E-state index in [1.165, 1.54) is 6.92 Å². The van der Waals surface area contributed by atoms with Crippen LogP contribution in [0.15, 0.2) is 23.8 Å². The van der Waals surface area contributed by atoms with Crippen molar-refractivity contribution in [2.75, 3.05) is 6.54 Å². The Balaban J connectivity index is 1.95. The number of thiazole rings is 1. The van der Waals surface area contributed by atoms with Gasteiger partial charge >= 0.3 is 0 Å². The van der Waals surface area contributed by atoms with Crippen molar-refractivity contribution in [2.45, 2.75) is 13.3 Å². The van der Waals surface area contributed by atoms with Crippen molar-refractivity contribution in [3.8, 4) is 5.13 Å². The standard InChI is InChI=1S/C10H12N4OS/c1-8(15)11-5-3-9-7-16-10(13-9)14-6-2-4-12-14/h2,4,6-7H,3,5H2,1H3,(H,11,15). The molecule has 2 aromatic heterocycles. The van der Waals surface area contributed by atoms with Gasteiger partial charge in [-0.15, -0.1) is 11.3 Å². The maximum absolute atomic E-state index is 10.7. The lowest BCUT2D eigenvalue weighted by molar-refractivity contribution is -0.118. The van der Waals surface area contributed by atoms with Crippen molar-refractivity contribution in [1.29, 1.82) is 0 Å². The van der Waals surface area contributed by atoms with Crippen molar-refractivity contribution >= 4 is 17.2 Å². The number of hydrogen-bond acceptors (Lipinski definition) is 4. The van der Waals surface area contributed by atoms with Gasteiger partial charge in [-0.25, -0.2) is 9.67 Å². The number of carbonyl (C=O) groups excluding carboxylic acids is 1. The molecule has 0 aliphatic rings. The molecule has 16 heavy (non-hydrogen) atoms. The molecule has 0 atom stereocenters. The van der Waals surface area contributed by atoms with E-state index >= 15 is 0 Å². The molecule has 1 N–H and O–H groups in total. The van der Waals surface area contributed by atoms with Gasteiger partial charge in [0.2, 0.25) is 11.0 Å². The number of nitrogens with zero attached hydrogens (tertiary/aromatic N) is 3. The predicted molar refractivity (Wildman–Crippen MR) is 61.6 cm³/mol. The van der Waals surface area contributed by atoms with E-state index in [0.29, 0.717) is 6.54 Å². The SMILES string of the molecule is CC(=O)NCCc1csc(-n2cccn2)n1. The second kappa shape index (κ2) is 4.89. The van der Waals surface area contributed by atoms with Crippen LogP contribution >= 0.6 is 11.3 Å². The van der Waals surface area contributed by atoms with Crippen LogP contribution in [0.5, 0.6) is 0 Å². The van der Waals surface area contributed by atoms with E-state index in [1.807, 2.05) is 17.6 Å². The van der Waals surface area contributed by atoms with E-state index < -0.39 is 0 Å². The van der Waals surface area contributed by atoms with Crippen molar-refractivity contribution in [3.05, 3.63) is 29.5 Å². The fourth-order valence-electron chi connectivity index (χ4n) is 1.26. The highest BCUT2D eigenvalue weighted by Crippen LogP contribution is 2.13. The Hall–Kier alpha value is -1.69. The average molecular weight is 236 g/mol. The highest BCUT2D eigenvalue weighted by molar-refractivity contribution is 7.12. The zero-order chi connectivity index (χ0) is 11.4. The molecule has 2 heterocycles. The fourth-order valence-corrected chi connectivity index (χ4v) is 2.06. The third kappa shape index (κ3) is 2.66. The summed E-state index contributed by atoms with van der Waals surface area (Å²) in [6.07, 6.45) is 4.33. The van der Waals surface area contributed by atoms with Crippen molar-refractivity contribution in [1.82, 2.24) is 20.1 Å². The summed E-state index contributed by atoms with van der Waals surface area (Å²) in [5, 5.41) is 9.68. The zero-order valence-corrected chi connectivity index (χ0v) is 9.70. The highest BCUT2D eigenvalue weighted by atomic mass is 32.1. The molecule has 0 aliphatic heterocycles. The minimum absolute atomic E-state index is 0.0115. The van der Waals surface area contributed by atoms with Gasteiger partial charge in [0.25, 0.3) is 0 Å². The van der Waals surface area contributed by atoms with E-state index in [2.05, 4.69) is 15.4 Å². The summed E-state index contributed by atoms with van der Waals surface area (Å²) < 4.78 is 1.73. The number of aromatic nitrogens is 3. The highest BCUT2D eigenvalue weighted by Gasteiger charge is 2.03. The summed E-state index contributed by atoms with van der Waals surface area (Å²) in [4.78, 5) is 15.1. The molecule has 0 saturated carbocycles. The minimum Gasteiger partial charge on any atom is -0.356 e. The molecule has 0 spiro atoms. The quantitative estimate of drug-likeness (QED) is 0.861. The van der Waals surface area contributed by atoms with Gasteiger partial charge in [0.15, 0.2) is 0 Å². The molecule has 0 aliphatic carbocycles. The molecule has 0 saturated heterocycles. The van der Waals surface area contributed by atoms with Gasteiger partial charge in [-0.2, -0.15) is 5.10 Å². The first-order valence-electron chi connectivity index (χ1n) is 4.94. The van der Waals surface area contributed by atoms with Crippen molar-refractivity contribution < 1.29 is 4.79 Å². The second-order valence-corrected chi connectivity index (χ2v) is 4.14. The third-order valence-electron chi connectivity index (χ3n) is 2.00. The first-order chi connectivity index (χ1) is 7.75. The van der Waals surface area contributed by atoms with E-state index in [0.717, 1.165) is 17.2 Å². The first-order valence-corrected chi connectivity index (χ1v) is 5.82. The largest absolute Gasteiger partial charge is 0.356 e. The molecule has 5 nitrogen and oxygen atoms in total. The smallest absolute Gasteiger partial charge is 0.216 e. The normalized spacial score (nSPS) is 10.3. The molecule has 1 amide bonds. The van der Waals surface area contributed by atoms with Crippen LogP contribution in [-0.4, -0.2) is 27.2 Å². The lowest BCUT2D eigenvalue weighted by atomic mass is 10.3. The van der Waals surface area contributed by atoms with E-state index in [1.54, 1.807) is 22.2 Å². The predicted octanol–water partition coefficient (Wildman–Crippen LogP) is 1.01. The van der Waals surface area contributed by atoms with Crippen molar-refractivity contribution in [3.63, 3.8) is 0 Å². The summed E-state index contributed by atoms with van der Waals surface area (Å²) in [5.41, 5.74) is 0.976. The van der Waals surface area contributed by atoms with Gasteiger partial charge in [-0.3, -0.25) is 4.79 Å². The Kier molecular flexibility index (Phi) is 3.31. The van der Waals surface area contributed by atoms with Gasteiger partial charge in [-0.05, 0) is 6.07 Å². The Morgan fingerprint density at radius 1 is 1.62 bits per heavy atom. The number of amides is 1. The number of hydrogen-bond donors (Lipinski definition) is 1. The van der Waals surface area contributed by atoms with Gasteiger partial charge in [0, 0.05) is 37.7 Å². The lowest BCUT2D eigenvalue weighted by Crippen LogP contribution is -2.22. The minimum atomic E-state index is -0.0115. The van der Waals surface area contributed by atoms with E-state index in [9.17, 15) is 4.79 Å². The summed E-state index contributed by atoms with van der Waals surface area (Å²) in [6.45, 7) is 2.13. The van der Waals surface area contributed by atoms with Crippen LogP contribution in [0.4, 0.5) is 0 Å². The molecule has 2 aromatic rings. The molecule has 0 bridgehead atoms. The topological polar surface area (TPSA) is 59.8 Å². The molecule has 0 unspecified atom stereocenters. The molecule has 0 fully saturated rings. The number of nitrogens with one attached hydrogen (secondary N) is 1. The molecular formula is C10H12N4OS. The fraction of sp³-hybridized carbons (Fsp3) is 0.300. The molecule has 0 radical (unpaired) electrons. The molecule has 84 valence electrons. The van der Waals surface area contributed by atoms with E-state index in [4.69, 9.17) is 0 Å². The number of carbonyl (C=O) groups is 1. The lowest BCUT2D eigenvalue weighted by Gasteiger charge is -1.98. The van der Waals surface area contributed by atoms with Crippen LogP contribution in [0.1, 0.15) is 12.6 Å². The summed E-state index contributed by atoms with van der Waals surface area (Å²) in [6, 6.07) is 1.86. The van der Waals surface area contributed by atoms with Crippen LogP contribution in [0.2, 0.25) is 0 Å². The summed E-state index contributed by atoms with van der Waals surface area (Å²) in [7, 11) is 0. The monoisotopic (exact) mass is 236 g/mol. The summed E-state index contributed by atoms with van der Waals surface area (Å²) in [5.74, 6) is -0.0115. The third-order valence-corrected chi connectivity index (χ3v) is 2.87. The Bertz CT molecular complexity index is 463. The first kappa shape index (κ1) is 10.8. The molecule has 0 aromatic carbocycles. The molecule has 2 rings (SSSR count). The van der Waals surface area contributed by atoms with Gasteiger partial charge in [0.05, 0.1) is 5.69 Å². The van der Waals surface area contributed by atoms with Gasteiger partial charge < -0.3 is 5.32 Å². The second-order valence-electron chi connectivity index (χ2n) is 3.31. The molecular weight excluding hydrogens is 224 g/mol. The maximum atomic E-state index is 10.7. The Morgan fingerprint density at radius 3 is 3.19 bits per heavy atom. The Morgan fingerprint density at radius 2 is 2.50 bits per heavy atom. The number of rotatable bonds is 4. The van der Waals surface area contributed by atoms with E-state index in [-0.39, 0.29) is 5.91 Å².